The van der Waals surface area contributed by atoms with E-state index in [-0.39, 0.29) is 5.71 Å². The second-order valence-corrected chi connectivity index (χ2v) is 3.20. The molecule has 4 nitrogen and oxygen atoms in total. The van der Waals surface area contributed by atoms with Crippen molar-refractivity contribution in [3.8, 4) is 0 Å². The Morgan fingerprint density at radius 2 is 1.93 bits per heavy atom. The van der Waals surface area contributed by atoms with Gasteiger partial charge in [0, 0.05) is 6.42 Å². The molecule has 0 aromatic rings. The zero-order chi connectivity index (χ0) is 10.8. The van der Waals surface area contributed by atoms with Gasteiger partial charge in [-0.15, -0.1) is 0 Å². The smallest absolute Gasteiger partial charge is 0.355 e. The van der Waals surface area contributed by atoms with E-state index in [4.69, 9.17) is 5.21 Å². The molecule has 0 amide bonds. The molecular formula is C10H19NO3. The van der Waals surface area contributed by atoms with Crippen LogP contribution in [-0.2, 0) is 9.53 Å². The molecule has 0 aromatic heterocycles. The van der Waals surface area contributed by atoms with E-state index in [1.807, 2.05) is 0 Å². The largest absolute Gasteiger partial charge is 0.464 e. The van der Waals surface area contributed by atoms with Gasteiger partial charge in [-0.25, -0.2) is 4.79 Å². The first kappa shape index (κ1) is 12.9. The van der Waals surface area contributed by atoms with Gasteiger partial charge in [0.15, 0.2) is 5.71 Å². The van der Waals surface area contributed by atoms with Crippen LogP contribution in [0.4, 0.5) is 0 Å². The van der Waals surface area contributed by atoms with Crippen LogP contribution in [0.5, 0.6) is 0 Å². The van der Waals surface area contributed by atoms with Crippen LogP contribution >= 0.6 is 0 Å². The molecule has 0 atom stereocenters. The second-order valence-electron chi connectivity index (χ2n) is 3.20. The minimum atomic E-state index is -0.539. The minimum Gasteiger partial charge on any atom is -0.464 e. The monoisotopic (exact) mass is 201 g/mol. The lowest BCUT2D eigenvalue weighted by molar-refractivity contribution is -0.133. The summed E-state index contributed by atoms with van der Waals surface area (Å²) in [4.78, 5) is 10.9. The molecule has 0 bridgehead atoms. The van der Waals surface area contributed by atoms with Gasteiger partial charge in [-0.2, -0.15) is 0 Å². The summed E-state index contributed by atoms with van der Waals surface area (Å²) in [5.41, 5.74) is 0.115. The van der Waals surface area contributed by atoms with E-state index in [9.17, 15) is 4.79 Å². The highest BCUT2D eigenvalue weighted by Gasteiger charge is 2.11. The highest BCUT2D eigenvalue weighted by Crippen LogP contribution is 2.06. The van der Waals surface area contributed by atoms with Crippen molar-refractivity contribution >= 4 is 11.7 Å². The Labute approximate surface area is 84.9 Å². The molecule has 0 heterocycles. The van der Waals surface area contributed by atoms with Crippen molar-refractivity contribution in [2.75, 3.05) is 7.11 Å². The SMILES string of the molecule is CCCCCCCC(=NO)C(=O)OC. The summed E-state index contributed by atoms with van der Waals surface area (Å²) in [5.74, 6) is -0.539. The molecule has 0 spiro atoms. The fourth-order valence-electron chi connectivity index (χ4n) is 1.21. The van der Waals surface area contributed by atoms with Gasteiger partial charge in [-0.1, -0.05) is 37.8 Å². The van der Waals surface area contributed by atoms with Crippen molar-refractivity contribution in [2.45, 2.75) is 45.4 Å². The van der Waals surface area contributed by atoms with Crippen LogP contribution in [0.3, 0.4) is 0 Å². The van der Waals surface area contributed by atoms with Crippen molar-refractivity contribution in [2.24, 2.45) is 5.16 Å². The standard InChI is InChI=1S/C10H19NO3/c1-3-4-5-6-7-8-9(11-13)10(12)14-2/h13H,3-8H2,1-2H3. The van der Waals surface area contributed by atoms with Crippen molar-refractivity contribution < 1.29 is 14.7 Å². The molecule has 0 aromatic carbocycles. The van der Waals surface area contributed by atoms with Crippen molar-refractivity contribution in [1.29, 1.82) is 0 Å². The van der Waals surface area contributed by atoms with Gasteiger partial charge in [-0.3, -0.25) is 0 Å². The Kier molecular flexibility index (Phi) is 7.89. The fourth-order valence-corrected chi connectivity index (χ4v) is 1.21. The first-order valence-electron chi connectivity index (χ1n) is 5.05. The fraction of sp³-hybridized carbons (Fsp3) is 0.800. The van der Waals surface area contributed by atoms with E-state index in [0.29, 0.717) is 6.42 Å². The molecule has 0 aliphatic heterocycles. The Balaban J connectivity index is 3.59. The number of esters is 1. The number of oxime groups is 1. The van der Waals surface area contributed by atoms with Crippen LogP contribution in [-0.4, -0.2) is 24.0 Å². The number of methoxy groups -OCH3 is 1. The topological polar surface area (TPSA) is 58.9 Å². The maximum atomic E-state index is 10.9. The van der Waals surface area contributed by atoms with Crippen LogP contribution in [0.25, 0.3) is 0 Å². The van der Waals surface area contributed by atoms with E-state index >= 15 is 0 Å². The summed E-state index contributed by atoms with van der Waals surface area (Å²) in [7, 11) is 1.28. The number of hydrogen-bond acceptors (Lipinski definition) is 4. The average Bonchev–Trinajstić information content (AvgIpc) is 2.22. The lowest BCUT2D eigenvalue weighted by Crippen LogP contribution is -2.15. The van der Waals surface area contributed by atoms with E-state index in [1.54, 1.807) is 0 Å². The summed E-state index contributed by atoms with van der Waals surface area (Å²) in [5, 5.41) is 11.4. The normalized spacial score (nSPS) is 11.4. The molecule has 82 valence electrons. The Morgan fingerprint density at radius 1 is 1.29 bits per heavy atom. The predicted octanol–water partition coefficient (Wildman–Crippen LogP) is 2.35. The molecule has 0 fully saturated rings. The zero-order valence-electron chi connectivity index (χ0n) is 8.95. The molecule has 0 saturated heterocycles. The maximum Gasteiger partial charge on any atom is 0.355 e. The summed E-state index contributed by atoms with van der Waals surface area (Å²) in [6.07, 6.45) is 5.99. The van der Waals surface area contributed by atoms with Crippen molar-refractivity contribution in [1.82, 2.24) is 0 Å². The average molecular weight is 201 g/mol. The number of hydrogen-bond donors (Lipinski definition) is 1. The summed E-state index contributed by atoms with van der Waals surface area (Å²) in [6, 6.07) is 0. The third kappa shape index (κ3) is 5.56. The van der Waals surface area contributed by atoms with Crippen LogP contribution in [0.15, 0.2) is 5.16 Å². The summed E-state index contributed by atoms with van der Waals surface area (Å²) >= 11 is 0. The number of carbonyl (C=O) groups is 1. The van der Waals surface area contributed by atoms with Crippen LogP contribution in [0.2, 0.25) is 0 Å². The van der Waals surface area contributed by atoms with Gasteiger partial charge >= 0.3 is 5.97 Å². The zero-order valence-corrected chi connectivity index (χ0v) is 8.95. The number of rotatable bonds is 7. The molecule has 14 heavy (non-hydrogen) atoms. The number of ether oxygens (including phenoxy) is 1. The first-order valence-corrected chi connectivity index (χ1v) is 5.05. The van der Waals surface area contributed by atoms with E-state index in [0.717, 1.165) is 19.3 Å². The molecule has 0 aliphatic rings. The molecule has 1 N–H and O–H groups in total. The number of unbranched alkanes of at least 4 members (excludes halogenated alkanes) is 4. The highest BCUT2D eigenvalue weighted by molar-refractivity contribution is 6.36. The van der Waals surface area contributed by atoms with Crippen molar-refractivity contribution in [3.05, 3.63) is 0 Å². The van der Waals surface area contributed by atoms with Gasteiger partial charge in [0.1, 0.15) is 0 Å². The minimum absolute atomic E-state index is 0.115. The Bertz CT molecular complexity index is 190. The summed E-state index contributed by atoms with van der Waals surface area (Å²) < 4.78 is 4.45. The maximum absolute atomic E-state index is 10.9. The third-order valence-electron chi connectivity index (χ3n) is 2.06. The molecule has 0 saturated carbocycles. The molecule has 0 rings (SSSR count). The molecule has 0 radical (unpaired) electrons. The van der Waals surface area contributed by atoms with Crippen molar-refractivity contribution in [3.63, 3.8) is 0 Å². The third-order valence-corrected chi connectivity index (χ3v) is 2.06. The summed E-state index contributed by atoms with van der Waals surface area (Å²) in [6.45, 7) is 2.15. The first-order chi connectivity index (χ1) is 6.76. The van der Waals surface area contributed by atoms with Gasteiger partial charge in [-0.05, 0) is 6.42 Å². The van der Waals surface area contributed by atoms with Gasteiger partial charge in [0.2, 0.25) is 0 Å². The van der Waals surface area contributed by atoms with E-state index < -0.39 is 5.97 Å². The lowest BCUT2D eigenvalue weighted by Gasteiger charge is -2.01. The Hall–Kier alpha value is -1.06. The molecule has 0 unspecified atom stereocenters. The molecule has 4 heteroatoms. The quantitative estimate of drug-likeness (QED) is 0.226. The van der Waals surface area contributed by atoms with Crippen LogP contribution in [0.1, 0.15) is 45.4 Å². The van der Waals surface area contributed by atoms with Crippen LogP contribution in [0, 0.1) is 0 Å². The number of carbonyl (C=O) groups excluding carboxylic acids is 1. The van der Waals surface area contributed by atoms with E-state index in [2.05, 4.69) is 16.8 Å². The second kappa shape index (κ2) is 8.53. The van der Waals surface area contributed by atoms with Gasteiger partial charge in [0.25, 0.3) is 0 Å². The lowest BCUT2D eigenvalue weighted by atomic mass is 10.1. The molecular weight excluding hydrogens is 182 g/mol. The number of nitrogens with zero attached hydrogens (tertiary/aromatic N) is 1. The van der Waals surface area contributed by atoms with E-state index in [1.165, 1.54) is 20.0 Å². The Morgan fingerprint density at radius 3 is 2.43 bits per heavy atom. The molecule has 0 aliphatic carbocycles. The highest BCUT2D eigenvalue weighted by atomic mass is 16.5. The van der Waals surface area contributed by atoms with Gasteiger partial charge < -0.3 is 9.94 Å². The predicted molar refractivity (Wildman–Crippen MR) is 54.6 cm³/mol. The van der Waals surface area contributed by atoms with Gasteiger partial charge in [0.05, 0.1) is 7.11 Å². The van der Waals surface area contributed by atoms with Crippen LogP contribution < -0.4 is 0 Å².